The minimum absolute atomic E-state index is 0.223. The Hall–Kier alpha value is -3.12. The van der Waals surface area contributed by atoms with Gasteiger partial charge in [0.05, 0.1) is 6.21 Å². The molecule has 0 spiro atoms. The maximum Gasteiger partial charge on any atom is 0.307 e. The van der Waals surface area contributed by atoms with Crippen LogP contribution in [0.2, 0.25) is 0 Å². The van der Waals surface area contributed by atoms with Gasteiger partial charge in [0.1, 0.15) is 5.58 Å². The maximum absolute atomic E-state index is 12.4. The summed E-state index contributed by atoms with van der Waals surface area (Å²) in [5.41, 5.74) is 8.74. The van der Waals surface area contributed by atoms with E-state index in [9.17, 15) is 4.79 Å². The van der Waals surface area contributed by atoms with Crippen LogP contribution in [-0.2, 0) is 0 Å². The molecular weight excluding hydrogens is 454 g/mol. The van der Waals surface area contributed by atoms with E-state index in [1.54, 1.807) is 12.3 Å². The second-order valence-corrected chi connectivity index (χ2v) is 8.82. The number of hydrazone groups is 1. The Balaban J connectivity index is 1.51. The lowest BCUT2D eigenvalue weighted by Gasteiger charge is -2.12. The van der Waals surface area contributed by atoms with Crippen molar-refractivity contribution in [1.82, 2.24) is 9.99 Å². The number of carbonyl (C=O) groups is 1. The molecule has 31 heavy (non-hydrogen) atoms. The summed E-state index contributed by atoms with van der Waals surface area (Å²) in [6.45, 7) is 8.48. The van der Waals surface area contributed by atoms with Crippen molar-refractivity contribution in [2.75, 3.05) is 0 Å². The van der Waals surface area contributed by atoms with Crippen molar-refractivity contribution in [2.24, 2.45) is 5.10 Å². The Bertz CT molecular complexity index is 1280. The largest absolute Gasteiger partial charge is 0.451 e. The first-order valence-corrected chi connectivity index (χ1v) is 10.9. The third kappa shape index (κ3) is 4.35. The van der Waals surface area contributed by atoms with Crippen LogP contribution in [0.15, 0.2) is 68.6 Å². The number of aromatic nitrogens is 1. The summed E-state index contributed by atoms with van der Waals surface area (Å²) in [6, 6.07) is 18.0. The van der Waals surface area contributed by atoms with Gasteiger partial charge in [-0.3, -0.25) is 4.79 Å². The van der Waals surface area contributed by atoms with Crippen molar-refractivity contribution in [3.63, 3.8) is 0 Å². The van der Waals surface area contributed by atoms with Crippen molar-refractivity contribution in [3.8, 4) is 5.69 Å². The minimum Gasteiger partial charge on any atom is -0.451 e. The molecule has 1 N–H and O–H groups in total. The number of benzene rings is 2. The average molecular weight is 478 g/mol. The molecule has 5 nitrogen and oxygen atoms in total. The van der Waals surface area contributed by atoms with Crippen LogP contribution < -0.4 is 5.43 Å². The lowest BCUT2D eigenvalue weighted by molar-refractivity contribution is 0.0929. The second kappa shape index (κ2) is 8.55. The predicted molar refractivity (Wildman–Crippen MR) is 128 cm³/mol. The first kappa shape index (κ1) is 21.1. The lowest BCUT2D eigenvalue weighted by atomic mass is 10.0. The summed E-state index contributed by atoms with van der Waals surface area (Å²) in [5, 5.41) is 5.00. The van der Waals surface area contributed by atoms with E-state index >= 15 is 0 Å². The quantitative estimate of drug-likeness (QED) is 0.263. The van der Waals surface area contributed by atoms with E-state index in [4.69, 9.17) is 4.42 Å². The molecular formula is C25H24BrN3O2. The number of halogens is 1. The molecule has 2 heterocycles. The smallest absolute Gasteiger partial charge is 0.307 e. The van der Waals surface area contributed by atoms with Gasteiger partial charge in [0.2, 0.25) is 0 Å². The van der Waals surface area contributed by atoms with E-state index in [2.05, 4.69) is 82.1 Å². The molecule has 0 bridgehead atoms. The Morgan fingerprint density at radius 2 is 1.84 bits per heavy atom. The molecule has 0 fully saturated rings. The molecule has 0 radical (unpaired) electrons. The highest BCUT2D eigenvalue weighted by Gasteiger charge is 2.13. The van der Waals surface area contributed by atoms with E-state index in [1.165, 1.54) is 5.56 Å². The fraction of sp³-hybridized carbons (Fsp3) is 0.200. The Morgan fingerprint density at radius 1 is 1.10 bits per heavy atom. The molecule has 0 aliphatic heterocycles. The van der Waals surface area contributed by atoms with Gasteiger partial charge in [0, 0.05) is 32.5 Å². The first-order chi connectivity index (χ1) is 14.8. The van der Waals surface area contributed by atoms with Crippen molar-refractivity contribution in [2.45, 2.75) is 33.6 Å². The van der Waals surface area contributed by atoms with Gasteiger partial charge in [0.25, 0.3) is 0 Å². The summed E-state index contributed by atoms with van der Waals surface area (Å²) >= 11 is 3.42. The molecule has 1 amide bonds. The summed E-state index contributed by atoms with van der Waals surface area (Å²) < 4.78 is 8.72. The number of carbonyl (C=O) groups excluding carboxylic acids is 1. The minimum atomic E-state index is -0.387. The van der Waals surface area contributed by atoms with E-state index in [0.29, 0.717) is 11.5 Å². The molecule has 0 saturated heterocycles. The number of hydrogen-bond donors (Lipinski definition) is 1. The molecule has 2 aromatic heterocycles. The fourth-order valence-corrected chi connectivity index (χ4v) is 4.04. The zero-order chi connectivity index (χ0) is 22.1. The molecule has 0 unspecified atom stereocenters. The van der Waals surface area contributed by atoms with E-state index in [0.717, 1.165) is 32.5 Å². The van der Waals surface area contributed by atoms with Crippen LogP contribution in [0.5, 0.6) is 0 Å². The highest BCUT2D eigenvalue weighted by atomic mass is 79.9. The molecule has 0 aliphatic rings. The third-order valence-corrected chi connectivity index (χ3v) is 5.85. The van der Waals surface area contributed by atoms with Gasteiger partial charge in [0.15, 0.2) is 5.76 Å². The molecule has 158 valence electrons. The second-order valence-electron chi connectivity index (χ2n) is 7.90. The average Bonchev–Trinajstić information content (AvgIpc) is 3.28. The maximum atomic E-state index is 12.4. The van der Waals surface area contributed by atoms with Crippen LogP contribution in [0.1, 0.15) is 52.8 Å². The molecule has 0 atom stereocenters. The standard InChI is InChI=1S/C25H24BrN3O2/c1-15(2)18-5-8-22(9-6-18)29-16(3)11-20(17(29)4)14-27-28-25(30)24-13-19-12-21(26)7-10-23(19)31-24/h5-15H,1-4H3,(H,28,30)/b27-14+. The van der Waals surface area contributed by atoms with Crippen molar-refractivity contribution < 1.29 is 9.21 Å². The van der Waals surface area contributed by atoms with Gasteiger partial charge in [-0.15, -0.1) is 0 Å². The highest BCUT2D eigenvalue weighted by Crippen LogP contribution is 2.24. The predicted octanol–water partition coefficient (Wildman–Crippen LogP) is 6.49. The van der Waals surface area contributed by atoms with Crippen LogP contribution in [0, 0.1) is 13.8 Å². The summed E-state index contributed by atoms with van der Waals surface area (Å²) in [7, 11) is 0. The van der Waals surface area contributed by atoms with E-state index in [1.807, 2.05) is 25.1 Å². The van der Waals surface area contributed by atoms with Crippen LogP contribution >= 0.6 is 15.9 Å². The van der Waals surface area contributed by atoms with Gasteiger partial charge >= 0.3 is 5.91 Å². The normalized spacial score (nSPS) is 11.7. The number of rotatable bonds is 5. The topological polar surface area (TPSA) is 59.5 Å². The van der Waals surface area contributed by atoms with Crippen LogP contribution in [0.3, 0.4) is 0 Å². The van der Waals surface area contributed by atoms with Crippen LogP contribution in [0.4, 0.5) is 0 Å². The zero-order valence-electron chi connectivity index (χ0n) is 17.9. The van der Waals surface area contributed by atoms with Gasteiger partial charge in [-0.05, 0) is 67.8 Å². The first-order valence-electron chi connectivity index (χ1n) is 10.2. The monoisotopic (exact) mass is 477 g/mol. The number of amides is 1. The Labute approximate surface area is 189 Å². The summed E-state index contributed by atoms with van der Waals surface area (Å²) in [5.74, 6) is 0.336. The number of aryl methyl sites for hydroxylation is 1. The molecule has 6 heteroatoms. The zero-order valence-corrected chi connectivity index (χ0v) is 19.5. The number of hydrogen-bond acceptors (Lipinski definition) is 3. The van der Waals surface area contributed by atoms with E-state index in [-0.39, 0.29) is 11.7 Å². The van der Waals surface area contributed by atoms with Crippen molar-refractivity contribution in [3.05, 3.63) is 87.3 Å². The van der Waals surface area contributed by atoms with Crippen molar-refractivity contribution >= 4 is 39.0 Å². The number of nitrogens with zero attached hydrogens (tertiary/aromatic N) is 2. The van der Waals surface area contributed by atoms with Crippen LogP contribution in [-0.4, -0.2) is 16.7 Å². The van der Waals surface area contributed by atoms with Gasteiger partial charge in [-0.1, -0.05) is 41.9 Å². The lowest BCUT2D eigenvalue weighted by Crippen LogP contribution is -2.16. The van der Waals surface area contributed by atoms with Gasteiger partial charge in [-0.25, -0.2) is 5.43 Å². The molecule has 2 aromatic carbocycles. The van der Waals surface area contributed by atoms with Crippen LogP contribution in [0.25, 0.3) is 16.7 Å². The Morgan fingerprint density at radius 3 is 2.55 bits per heavy atom. The SMILES string of the molecule is Cc1cc(/C=N/NC(=O)c2cc3cc(Br)ccc3o2)c(C)n1-c1ccc(C(C)C)cc1. The Kier molecular flexibility index (Phi) is 5.83. The number of furan rings is 1. The molecule has 4 rings (SSSR count). The van der Waals surface area contributed by atoms with Gasteiger partial charge in [-0.2, -0.15) is 5.10 Å². The fourth-order valence-electron chi connectivity index (χ4n) is 3.67. The van der Waals surface area contributed by atoms with Crippen molar-refractivity contribution in [1.29, 1.82) is 0 Å². The number of nitrogens with one attached hydrogen (secondary N) is 1. The summed E-state index contributed by atoms with van der Waals surface area (Å²) in [6.07, 6.45) is 1.67. The number of fused-ring (bicyclic) bond motifs is 1. The third-order valence-electron chi connectivity index (χ3n) is 5.36. The molecule has 0 saturated carbocycles. The van der Waals surface area contributed by atoms with E-state index < -0.39 is 0 Å². The molecule has 0 aliphatic carbocycles. The molecule has 4 aromatic rings. The van der Waals surface area contributed by atoms with Gasteiger partial charge < -0.3 is 8.98 Å². The summed E-state index contributed by atoms with van der Waals surface area (Å²) in [4.78, 5) is 12.4. The highest BCUT2D eigenvalue weighted by molar-refractivity contribution is 9.10.